The van der Waals surface area contributed by atoms with E-state index in [2.05, 4.69) is 23.7 Å². The van der Waals surface area contributed by atoms with Crippen LogP contribution in [0.1, 0.15) is 26.0 Å². The van der Waals surface area contributed by atoms with Crippen molar-refractivity contribution in [3.05, 3.63) is 18.0 Å². The first-order chi connectivity index (χ1) is 10.8. The number of nitrogens with two attached hydrogens (primary N) is 1. The van der Waals surface area contributed by atoms with Gasteiger partial charge in [-0.25, -0.2) is 0 Å². The molecule has 2 fully saturated rings. The van der Waals surface area contributed by atoms with Gasteiger partial charge in [-0.15, -0.1) is 0 Å². The van der Waals surface area contributed by atoms with E-state index in [1.807, 2.05) is 0 Å². The zero-order valence-electron chi connectivity index (χ0n) is 14.3. The van der Waals surface area contributed by atoms with Crippen LogP contribution in [0.2, 0.25) is 0 Å². The molecule has 0 bridgehead atoms. The molecule has 3 rings (SSSR count). The monoisotopic (exact) mass is 319 g/mol. The number of carbonyl (C=O) groups is 1. The normalized spacial score (nSPS) is 28.8. The highest BCUT2D eigenvalue weighted by atomic mass is 16.5. The Morgan fingerprint density at radius 3 is 2.70 bits per heavy atom. The number of fused-ring (bicyclic) bond motifs is 1. The highest BCUT2D eigenvalue weighted by Gasteiger charge is 2.65. The summed E-state index contributed by atoms with van der Waals surface area (Å²) < 4.78 is 10.8. The van der Waals surface area contributed by atoms with E-state index < -0.39 is 0 Å². The summed E-state index contributed by atoms with van der Waals surface area (Å²) in [5.41, 5.74) is 6.33. The molecule has 1 amide bonds. The fourth-order valence-electron chi connectivity index (χ4n) is 4.62. The number of amides is 1. The van der Waals surface area contributed by atoms with Crippen LogP contribution in [0.25, 0.3) is 0 Å². The van der Waals surface area contributed by atoms with Gasteiger partial charge < -0.3 is 15.2 Å². The second-order valence-corrected chi connectivity index (χ2v) is 7.40. The molecule has 0 aromatic carbocycles. The predicted octanol–water partition coefficient (Wildman–Crippen LogP) is 1.43. The summed E-state index contributed by atoms with van der Waals surface area (Å²) in [7, 11) is 3.23. The van der Waals surface area contributed by atoms with Crippen LogP contribution in [-0.2, 0) is 11.3 Å². The molecule has 126 valence electrons. The lowest BCUT2D eigenvalue weighted by Gasteiger charge is -2.54. The molecule has 0 spiro atoms. The Balaban J connectivity index is 1.82. The third kappa shape index (κ3) is 2.36. The van der Waals surface area contributed by atoms with Gasteiger partial charge in [-0.2, -0.15) is 0 Å². The van der Waals surface area contributed by atoms with Crippen LogP contribution >= 0.6 is 0 Å². The van der Waals surface area contributed by atoms with Crippen LogP contribution in [0.5, 0.6) is 11.5 Å². The summed E-state index contributed by atoms with van der Waals surface area (Å²) in [6, 6.07) is 1.78. The first-order valence-corrected chi connectivity index (χ1v) is 7.92. The largest absolute Gasteiger partial charge is 0.493 e. The Hall–Kier alpha value is -1.82. The molecule has 2 N–H and O–H groups in total. The molecule has 23 heavy (non-hydrogen) atoms. The SMILES string of the molecule is COc1ccnc(CN2C[C@@H]3C(C)(C)C[C@]3(C(N)=O)C2)c1OC. The summed E-state index contributed by atoms with van der Waals surface area (Å²) in [4.78, 5) is 18.7. The van der Waals surface area contributed by atoms with Crippen LogP contribution in [0.15, 0.2) is 12.3 Å². The lowest BCUT2D eigenvalue weighted by Crippen LogP contribution is -2.59. The number of pyridine rings is 1. The van der Waals surface area contributed by atoms with Crippen molar-refractivity contribution in [3.63, 3.8) is 0 Å². The molecule has 1 aromatic rings. The quantitative estimate of drug-likeness (QED) is 0.888. The maximum absolute atomic E-state index is 12.0. The van der Waals surface area contributed by atoms with Crippen LogP contribution in [0.3, 0.4) is 0 Å². The standard InChI is InChI=1S/C17H25N3O3/c1-16(2)9-17(15(18)21)10-20(8-13(16)17)7-11-14(23-4)12(22-3)5-6-19-11/h5-6,13H,7-10H2,1-4H3,(H2,18,21)/t13-,17+/m1/s1. The van der Waals surface area contributed by atoms with Crippen LogP contribution in [0, 0.1) is 16.7 Å². The van der Waals surface area contributed by atoms with Crippen molar-refractivity contribution in [2.45, 2.75) is 26.8 Å². The minimum absolute atomic E-state index is 0.162. The van der Waals surface area contributed by atoms with E-state index in [0.717, 1.165) is 18.7 Å². The van der Waals surface area contributed by atoms with Crippen molar-refractivity contribution < 1.29 is 14.3 Å². The van der Waals surface area contributed by atoms with Crippen LogP contribution < -0.4 is 15.2 Å². The Morgan fingerprint density at radius 2 is 2.17 bits per heavy atom. The Bertz CT molecular complexity index is 632. The molecule has 1 aromatic heterocycles. The molecule has 2 heterocycles. The third-order valence-corrected chi connectivity index (χ3v) is 5.56. The highest BCUT2D eigenvalue weighted by Crippen LogP contribution is 2.62. The van der Waals surface area contributed by atoms with E-state index in [0.29, 0.717) is 30.5 Å². The van der Waals surface area contributed by atoms with Gasteiger partial charge in [0, 0.05) is 31.9 Å². The maximum Gasteiger partial charge on any atom is 0.225 e. The summed E-state index contributed by atoms with van der Waals surface area (Å²) in [6.45, 7) is 6.61. The fourth-order valence-corrected chi connectivity index (χ4v) is 4.62. The Labute approximate surface area is 137 Å². The van der Waals surface area contributed by atoms with Crippen LogP contribution in [0.4, 0.5) is 0 Å². The van der Waals surface area contributed by atoms with Gasteiger partial charge in [0.05, 0.1) is 19.6 Å². The lowest BCUT2D eigenvalue weighted by atomic mass is 9.48. The predicted molar refractivity (Wildman–Crippen MR) is 86.1 cm³/mol. The molecule has 1 aliphatic heterocycles. The molecule has 1 saturated carbocycles. The van der Waals surface area contributed by atoms with Crippen molar-refractivity contribution >= 4 is 5.91 Å². The summed E-state index contributed by atoms with van der Waals surface area (Å²) in [5, 5.41) is 0. The molecule has 0 unspecified atom stereocenters. The molecule has 1 aliphatic carbocycles. The second kappa shape index (κ2) is 5.37. The highest BCUT2D eigenvalue weighted by molar-refractivity contribution is 5.83. The van der Waals surface area contributed by atoms with E-state index in [1.54, 1.807) is 26.5 Å². The number of hydrogen-bond acceptors (Lipinski definition) is 5. The average Bonchev–Trinajstić information content (AvgIpc) is 2.82. The molecule has 6 heteroatoms. The number of primary amides is 1. The number of aromatic nitrogens is 1. The van der Waals surface area contributed by atoms with Crippen LogP contribution in [-0.4, -0.2) is 43.1 Å². The van der Waals surface area contributed by atoms with Gasteiger partial charge in [0.15, 0.2) is 11.5 Å². The molecule has 6 nitrogen and oxygen atoms in total. The van der Waals surface area contributed by atoms with Crippen molar-refractivity contribution in [2.24, 2.45) is 22.5 Å². The van der Waals surface area contributed by atoms with E-state index in [4.69, 9.17) is 15.2 Å². The first kappa shape index (κ1) is 16.1. The van der Waals surface area contributed by atoms with Crippen molar-refractivity contribution in [2.75, 3.05) is 27.3 Å². The molecular formula is C17H25N3O3. The van der Waals surface area contributed by atoms with Crippen molar-refractivity contribution in [1.29, 1.82) is 0 Å². The van der Waals surface area contributed by atoms with E-state index in [-0.39, 0.29) is 16.7 Å². The van der Waals surface area contributed by atoms with Gasteiger partial charge in [-0.3, -0.25) is 14.7 Å². The fraction of sp³-hybridized carbons (Fsp3) is 0.647. The topological polar surface area (TPSA) is 77.7 Å². The number of methoxy groups -OCH3 is 2. The maximum atomic E-state index is 12.0. The van der Waals surface area contributed by atoms with Gasteiger partial charge >= 0.3 is 0 Å². The average molecular weight is 319 g/mol. The zero-order chi connectivity index (χ0) is 16.8. The molecule has 2 aliphatic rings. The molecular weight excluding hydrogens is 294 g/mol. The van der Waals surface area contributed by atoms with E-state index in [1.165, 1.54) is 0 Å². The number of carbonyl (C=O) groups excluding carboxylic acids is 1. The smallest absolute Gasteiger partial charge is 0.225 e. The van der Waals surface area contributed by atoms with Gasteiger partial charge in [0.2, 0.25) is 5.91 Å². The Kier molecular flexibility index (Phi) is 3.75. The van der Waals surface area contributed by atoms with E-state index in [9.17, 15) is 4.79 Å². The van der Waals surface area contributed by atoms with Crippen molar-refractivity contribution in [1.82, 2.24) is 9.88 Å². The summed E-state index contributed by atoms with van der Waals surface area (Å²) >= 11 is 0. The van der Waals surface area contributed by atoms with Crippen molar-refractivity contribution in [3.8, 4) is 11.5 Å². The number of nitrogens with zero attached hydrogens (tertiary/aromatic N) is 2. The van der Waals surface area contributed by atoms with E-state index >= 15 is 0 Å². The van der Waals surface area contributed by atoms with Gasteiger partial charge in [-0.1, -0.05) is 13.8 Å². The molecule has 1 saturated heterocycles. The zero-order valence-corrected chi connectivity index (χ0v) is 14.3. The molecule has 0 radical (unpaired) electrons. The Morgan fingerprint density at radius 1 is 1.43 bits per heavy atom. The number of likely N-dealkylation sites (tertiary alicyclic amines) is 1. The number of rotatable bonds is 5. The van der Waals surface area contributed by atoms with Gasteiger partial charge in [0.25, 0.3) is 0 Å². The second-order valence-electron chi connectivity index (χ2n) is 7.40. The number of ether oxygens (including phenoxy) is 2. The first-order valence-electron chi connectivity index (χ1n) is 7.92. The minimum atomic E-state index is -0.379. The summed E-state index contributed by atoms with van der Waals surface area (Å²) in [6.07, 6.45) is 2.58. The van der Waals surface area contributed by atoms with Gasteiger partial charge in [-0.05, 0) is 17.8 Å². The third-order valence-electron chi connectivity index (χ3n) is 5.56. The lowest BCUT2D eigenvalue weighted by molar-refractivity contribution is -0.148. The number of hydrogen-bond donors (Lipinski definition) is 1. The molecule has 2 atom stereocenters. The van der Waals surface area contributed by atoms with Gasteiger partial charge in [0.1, 0.15) is 5.69 Å². The minimum Gasteiger partial charge on any atom is -0.493 e. The summed E-state index contributed by atoms with van der Waals surface area (Å²) in [5.74, 6) is 1.46.